The van der Waals surface area contributed by atoms with Gasteiger partial charge in [0.05, 0.1) is 17.3 Å². The van der Waals surface area contributed by atoms with Gasteiger partial charge in [-0.2, -0.15) is 5.10 Å². The molecule has 1 aromatic rings. The van der Waals surface area contributed by atoms with Crippen molar-refractivity contribution in [3.05, 3.63) is 12.4 Å². The molecule has 0 bridgehead atoms. The molecule has 5 heteroatoms. The third-order valence-corrected chi connectivity index (χ3v) is 1.88. The number of anilines is 1. The minimum Gasteiger partial charge on any atom is -0.329 e. The Morgan fingerprint density at radius 2 is 2.46 bits per heavy atom. The van der Waals surface area contributed by atoms with E-state index in [4.69, 9.17) is 5.73 Å². The van der Waals surface area contributed by atoms with Gasteiger partial charge < -0.3 is 11.1 Å². The van der Waals surface area contributed by atoms with Crippen LogP contribution in [0.25, 0.3) is 0 Å². The summed E-state index contributed by atoms with van der Waals surface area (Å²) in [4.78, 5) is 11.5. The van der Waals surface area contributed by atoms with Gasteiger partial charge in [0.15, 0.2) is 0 Å². The van der Waals surface area contributed by atoms with Crippen molar-refractivity contribution in [1.82, 2.24) is 10.2 Å². The molecule has 0 aliphatic carbocycles. The van der Waals surface area contributed by atoms with E-state index in [1.807, 2.05) is 0 Å². The molecular weight excluding hydrogens is 168 g/mol. The molecule has 72 valence electrons. The maximum absolute atomic E-state index is 11.5. The second kappa shape index (κ2) is 3.57. The number of hydrogen-bond acceptors (Lipinski definition) is 3. The van der Waals surface area contributed by atoms with E-state index >= 15 is 0 Å². The number of aromatic amines is 1. The molecular formula is C8H14N4O. The average Bonchev–Trinajstić information content (AvgIpc) is 2.57. The monoisotopic (exact) mass is 182 g/mol. The van der Waals surface area contributed by atoms with Crippen LogP contribution in [-0.2, 0) is 4.79 Å². The van der Waals surface area contributed by atoms with E-state index in [9.17, 15) is 4.79 Å². The van der Waals surface area contributed by atoms with Gasteiger partial charge in [0.1, 0.15) is 0 Å². The van der Waals surface area contributed by atoms with Gasteiger partial charge in [0.2, 0.25) is 5.91 Å². The molecule has 5 nitrogen and oxygen atoms in total. The van der Waals surface area contributed by atoms with Crippen molar-refractivity contribution in [2.24, 2.45) is 11.1 Å². The summed E-state index contributed by atoms with van der Waals surface area (Å²) >= 11 is 0. The molecule has 4 N–H and O–H groups in total. The van der Waals surface area contributed by atoms with E-state index in [1.54, 1.807) is 26.2 Å². The highest BCUT2D eigenvalue weighted by Gasteiger charge is 2.25. The van der Waals surface area contributed by atoms with Crippen LogP contribution in [0.5, 0.6) is 0 Å². The van der Waals surface area contributed by atoms with E-state index in [0.717, 1.165) is 0 Å². The second-order valence-electron chi connectivity index (χ2n) is 3.53. The Bertz CT molecular complexity index is 278. The number of hydrogen-bond donors (Lipinski definition) is 3. The van der Waals surface area contributed by atoms with Gasteiger partial charge in [-0.15, -0.1) is 0 Å². The smallest absolute Gasteiger partial charge is 0.231 e. The first-order chi connectivity index (χ1) is 6.06. The van der Waals surface area contributed by atoms with Crippen LogP contribution in [0.3, 0.4) is 0 Å². The fourth-order valence-electron chi connectivity index (χ4n) is 0.712. The second-order valence-corrected chi connectivity index (χ2v) is 3.53. The molecule has 0 saturated carbocycles. The molecule has 0 spiro atoms. The summed E-state index contributed by atoms with van der Waals surface area (Å²) in [6, 6.07) is 0. The average molecular weight is 182 g/mol. The lowest BCUT2D eigenvalue weighted by atomic mass is 9.93. The molecule has 0 radical (unpaired) electrons. The van der Waals surface area contributed by atoms with E-state index in [2.05, 4.69) is 15.5 Å². The molecule has 0 fully saturated rings. The van der Waals surface area contributed by atoms with E-state index in [0.29, 0.717) is 12.2 Å². The number of nitrogens with two attached hydrogens (primary N) is 1. The molecule has 1 rings (SSSR count). The zero-order chi connectivity index (χ0) is 9.90. The number of rotatable bonds is 3. The Labute approximate surface area is 76.7 Å². The Hall–Kier alpha value is -1.36. The third kappa shape index (κ3) is 2.29. The molecule has 1 heterocycles. The molecule has 0 saturated heterocycles. The Morgan fingerprint density at radius 1 is 1.77 bits per heavy atom. The predicted octanol–water partition coefficient (Wildman–Crippen LogP) is 0.333. The lowest BCUT2D eigenvalue weighted by Gasteiger charge is -2.20. The molecule has 0 aliphatic rings. The summed E-state index contributed by atoms with van der Waals surface area (Å²) < 4.78 is 0. The van der Waals surface area contributed by atoms with Crippen LogP contribution in [0.2, 0.25) is 0 Å². The molecule has 0 aromatic carbocycles. The molecule has 13 heavy (non-hydrogen) atoms. The number of nitrogens with one attached hydrogen (secondary N) is 2. The Kier molecular flexibility index (Phi) is 2.67. The van der Waals surface area contributed by atoms with E-state index in [-0.39, 0.29) is 5.91 Å². The molecule has 1 amide bonds. The summed E-state index contributed by atoms with van der Waals surface area (Å²) in [5, 5.41) is 9.02. The van der Waals surface area contributed by atoms with Gasteiger partial charge >= 0.3 is 0 Å². The minimum atomic E-state index is -0.544. The largest absolute Gasteiger partial charge is 0.329 e. The fourth-order valence-corrected chi connectivity index (χ4v) is 0.712. The van der Waals surface area contributed by atoms with Crippen molar-refractivity contribution in [2.75, 3.05) is 11.9 Å². The number of amides is 1. The van der Waals surface area contributed by atoms with Gasteiger partial charge in [-0.25, -0.2) is 0 Å². The molecule has 0 unspecified atom stereocenters. The minimum absolute atomic E-state index is 0.101. The van der Waals surface area contributed by atoms with Crippen LogP contribution in [0.1, 0.15) is 13.8 Å². The quantitative estimate of drug-likeness (QED) is 0.630. The number of H-pyrrole nitrogens is 1. The first-order valence-electron chi connectivity index (χ1n) is 4.06. The maximum atomic E-state index is 11.5. The first-order valence-corrected chi connectivity index (χ1v) is 4.06. The van der Waals surface area contributed by atoms with Gasteiger partial charge in [-0.1, -0.05) is 0 Å². The highest BCUT2D eigenvalue weighted by molar-refractivity contribution is 5.94. The van der Waals surface area contributed by atoms with Crippen molar-refractivity contribution in [3.8, 4) is 0 Å². The number of carbonyl (C=O) groups is 1. The van der Waals surface area contributed by atoms with Crippen LogP contribution < -0.4 is 11.1 Å². The fraction of sp³-hybridized carbons (Fsp3) is 0.500. The number of carbonyl (C=O) groups excluding carboxylic acids is 1. The van der Waals surface area contributed by atoms with E-state index in [1.165, 1.54) is 0 Å². The topological polar surface area (TPSA) is 83.8 Å². The third-order valence-electron chi connectivity index (χ3n) is 1.88. The highest BCUT2D eigenvalue weighted by atomic mass is 16.2. The summed E-state index contributed by atoms with van der Waals surface area (Å²) in [5.41, 5.74) is 5.57. The highest BCUT2D eigenvalue weighted by Crippen LogP contribution is 2.15. The Morgan fingerprint density at radius 3 is 2.92 bits per heavy atom. The Balaban J connectivity index is 2.61. The van der Waals surface area contributed by atoms with Gasteiger partial charge in [0, 0.05) is 12.7 Å². The van der Waals surface area contributed by atoms with Crippen LogP contribution in [-0.4, -0.2) is 22.6 Å². The van der Waals surface area contributed by atoms with E-state index < -0.39 is 5.41 Å². The number of nitrogens with zero attached hydrogens (tertiary/aromatic N) is 1. The van der Waals surface area contributed by atoms with Crippen LogP contribution in [0.4, 0.5) is 5.69 Å². The first kappa shape index (κ1) is 9.73. The summed E-state index contributed by atoms with van der Waals surface area (Å²) in [5.74, 6) is -0.101. The molecule has 0 atom stereocenters. The zero-order valence-electron chi connectivity index (χ0n) is 7.79. The van der Waals surface area contributed by atoms with Crippen molar-refractivity contribution >= 4 is 11.6 Å². The van der Waals surface area contributed by atoms with Crippen molar-refractivity contribution in [2.45, 2.75) is 13.8 Å². The summed E-state index contributed by atoms with van der Waals surface area (Å²) in [7, 11) is 0. The number of aromatic nitrogens is 2. The van der Waals surface area contributed by atoms with Gasteiger partial charge in [0.25, 0.3) is 0 Å². The van der Waals surface area contributed by atoms with Gasteiger partial charge in [-0.3, -0.25) is 9.89 Å². The maximum Gasteiger partial charge on any atom is 0.231 e. The van der Waals surface area contributed by atoms with Crippen molar-refractivity contribution in [1.29, 1.82) is 0 Å². The van der Waals surface area contributed by atoms with Crippen LogP contribution >= 0.6 is 0 Å². The van der Waals surface area contributed by atoms with Gasteiger partial charge in [-0.05, 0) is 13.8 Å². The summed E-state index contributed by atoms with van der Waals surface area (Å²) in [6.45, 7) is 3.90. The van der Waals surface area contributed by atoms with Crippen molar-refractivity contribution < 1.29 is 4.79 Å². The molecule has 1 aromatic heterocycles. The summed E-state index contributed by atoms with van der Waals surface area (Å²) in [6.07, 6.45) is 3.16. The molecule has 0 aliphatic heterocycles. The normalized spacial score (nSPS) is 11.3. The van der Waals surface area contributed by atoms with Crippen molar-refractivity contribution in [3.63, 3.8) is 0 Å². The SMILES string of the molecule is CC(C)(CN)C(=O)Nc1cn[nH]c1. The van der Waals surface area contributed by atoms with Crippen LogP contribution in [0.15, 0.2) is 12.4 Å². The lowest BCUT2D eigenvalue weighted by molar-refractivity contribution is -0.123. The standard InChI is InChI=1S/C8H14N4O/c1-8(2,5-9)7(13)12-6-3-10-11-4-6/h3-4H,5,9H2,1-2H3,(H,10,11)(H,12,13). The predicted molar refractivity (Wildman–Crippen MR) is 50.1 cm³/mol. The zero-order valence-corrected chi connectivity index (χ0v) is 7.79. The lowest BCUT2D eigenvalue weighted by Crippen LogP contribution is -2.37. The van der Waals surface area contributed by atoms with Crippen LogP contribution in [0, 0.1) is 5.41 Å².